The molecule has 0 radical (unpaired) electrons. The van der Waals surface area contributed by atoms with Crippen LogP contribution in [0.15, 0.2) is 48.8 Å². The number of hydrogen-bond donors (Lipinski definition) is 2. The van der Waals surface area contributed by atoms with Crippen molar-refractivity contribution in [3.63, 3.8) is 0 Å². The first-order valence-electron chi connectivity index (χ1n) is 8.06. The molecule has 0 spiro atoms. The van der Waals surface area contributed by atoms with Crippen LogP contribution in [0.1, 0.15) is 17.2 Å². The molecule has 3 aromatic rings. The maximum atomic E-state index is 11.8. The number of nitrogens with zero attached hydrogens (tertiary/aromatic N) is 3. The molecule has 7 heteroatoms. The van der Waals surface area contributed by atoms with E-state index in [9.17, 15) is 9.90 Å². The van der Waals surface area contributed by atoms with Gasteiger partial charge in [-0.15, -0.1) is 0 Å². The zero-order chi connectivity index (χ0) is 18.7. The maximum absolute atomic E-state index is 11.8. The predicted molar refractivity (Wildman–Crippen MR) is 98.8 cm³/mol. The van der Waals surface area contributed by atoms with Crippen molar-refractivity contribution < 1.29 is 14.6 Å². The molecule has 1 aromatic carbocycles. The van der Waals surface area contributed by atoms with Crippen molar-refractivity contribution in [3.05, 3.63) is 59.9 Å². The molecule has 26 heavy (non-hydrogen) atoms. The largest absolute Gasteiger partial charge is 0.494 e. The summed E-state index contributed by atoms with van der Waals surface area (Å²) < 4.78 is 5.36. The molecule has 2 aromatic heterocycles. The molecule has 0 amide bonds. The first-order chi connectivity index (χ1) is 12.5. The first-order valence-corrected chi connectivity index (χ1v) is 8.06. The van der Waals surface area contributed by atoms with E-state index in [1.807, 2.05) is 24.3 Å². The number of carboxylic acid groups (broad SMARTS) is 1. The number of hydrogen-bond acceptors (Lipinski definition) is 6. The van der Waals surface area contributed by atoms with Crippen molar-refractivity contribution in [2.75, 3.05) is 19.9 Å². The molecule has 2 heterocycles. The molecule has 7 nitrogen and oxygen atoms in total. The van der Waals surface area contributed by atoms with Crippen molar-refractivity contribution in [3.8, 4) is 5.75 Å². The number of anilines is 1. The van der Waals surface area contributed by atoms with Gasteiger partial charge in [-0.2, -0.15) is 0 Å². The number of carboxylic acids is 1. The number of methoxy groups -OCH3 is 1. The van der Waals surface area contributed by atoms with Gasteiger partial charge >= 0.3 is 5.97 Å². The van der Waals surface area contributed by atoms with E-state index in [1.54, 1.807) is 37.4 Å². The van der Waals surface area contributed by atoms with Crippen LogP contribution < -0.4 is 10.5 Å². The number of pyridine rings is 2. The summed E-state index contributed by atoms with van der Waals surface area (Å²) >= 11 is 0. The van der Waals surface area contributed by atoms with Crippen molar-refractivity contribution in [1.29, 1.82) is 0 Å². The van der Waals surface area contributed by atoms with E-state index in [-0.39, 0.29) is 0 Å². The molecule has 0 aliphatic rings. The first kappa shape index (κ1) is 17.6. The van der Waals surface area contributed by atoms with Gasteiger partial charge in [-0.1, -0.05) is 18.2 Å². The van der Waals surface area contributed by atoms with Crippen LogP contribution in [0.3, 0.4) is 0 Å². The lowest BCUT2D eigenvalue weighted by Gasteiger charge is -2.25. The van der Waals surface area contributed by atoms with Gasteiger partial charge in [-0.3, -0.25) is 14.7 Å². The van der Waals surface area contributed by atoms with Gasteiger partial charge in [0.15, 0.2) is 0 Å². The minimum absolute atomic E-state index is 0.354. The SMILES string of the molecule is COc1ccc(CN(C)[C@@H](C(=O)O)c2ccc(N)nc2)c2cccnc12. The summed E-state index contributed by atoms with van der Waals surface area (Å²) in [5, 5.41) is 10.6. The molecule has 0 unspecified atom stereocenters. The summed E-state index contributed by atoms with van der Waals surface area (Å²) in [7, 11) is 3.37. The lowest BCUT2D eigenvalue weighted by molar-refractivity contribution is -0.143. The van der Waals surface area contributed by atoms with Gasteiger partial charge in [0.05, 0.1) is 7.11 Å². The van der Waals surface area contributed by atoms with Crippen LogP contribution >= 0.6 is 0 Å². The second-order valence-electron chi connectivity index (χ2n) is 6.00. The molecule has 3 N–H and O–H groups in total. The third-order valence-electron chi connectivity index (χ3n) is 4.26. The number of carbonyl (C=O) groups is 1. The zero-order valence-electron chi connectivity index (χ0n) is 14.6. The monoisotopic (exact) mass is 352 g/mol. The lowest BCUT2D eigenvalue weighted by Crippen LogP contribution is -2.30. The average Bonchev–Trinajstić information content (AvgIpc) is 2.63. The van der Waals surface area contributed by atoms with Crippen molar-refractivity contribution >= 4 is 22.7 Å². The van der Waals surface area contributed by atoms with Crippen LogP contribution in [0.2, 0.25) is 0 Å². The Hall–Kier alpha value is -3.19. The predicted octanol–water partition coefficient (Wildman–Crippen LogP) is 2.48. The Bertz CT molecular complexity index is 928. The van der Waals surface area contributed by atoms with Crippen molar-refractivity contribution in [1.82, 2.24) is 14.9 Å². The summed E-state index contributed by atoms with van der Waals surface area (Å²) in [6.45, 7) is 0.424. The van der Waals surface area contributed by atoms with Gasteiger partial charge in [0, 0.05) is 24.3 Å². The number of nitrogen functional groups attached to an aromatic ring is 1. The van der Waals surface area contributed by atoms with Crippen molar-refractivity contribution in [2.45, 2.75) is 12.6 Å². The third-order valence-corrected chi connectivity index (χ3v) is 4.26. The second-order valence-corrected chi connectivity index (χ2v) is 6.00. The number of nitrogens with two attached hydrogens (primary N) is 1. The summed E-state index contributed by atoms with van der Waals surface area (Å²) in [4.78, 5) is 22.0. The number of rotatable bonds is 6. The Morgan fingerprint density at radius 3 is 2.73 bits per heavy atom. The fourth-order valence-corrected chi connectivity index (χ4v) is 3.03. The van der Waals surface area contributed by atoms with Crippen LogP contribution in [0.25, 0.3) is 10.9 Å². The molecule has 0 aliphatic heterocycles. The summed E-state index contributed by atoms with van der Waals surface area (Å²) in [6, 6.07) is 10.0. The molecule has 3 rings (SSSR count). The van der Waals surface area contributed by atoms with Gasteiger partial charge in [0.2, 0.25) is 0 Å². The van der Waals surface area contributed by atoms with Crippen LogP contribution in [0.4, 0.5) is 5.82 Å². The Balaban J connectivity index is 1.95. The van der Waals surface area contributed by atoms with Crippen LogP contribution in [0, 0.1) is 0 Å². The van der Waals surface area contributed by atoms with E-state index in [0.29, 0.717) is 23.7 Å². The zero-order valence-corrected chi connectivity index (χ0v) is 14.6. The summed E-state index contributed by atoms with van der Waals surface area (Å²) in [5.74, 6) is 0.0901. The number of benzene rings is 1. The molecule has 0 fully saturated rings. The van der Waals surface area contributed by atoms with Gasteiger partial charge in [0.1, 0.15) is 23.1 Å². The second kappa shape index (κ2) is 7.37. The molecule has 0 saturated heterocycles. The Morgan fingerprint density at radius 2 is 2.08 bits per heavy atom. The smallest absolute Gasteiger partial charge is 0.325 e. The normalized spacial score (nSPS) is 12.3. The van der Waals surface area contributed by atoms with Gasteiger partial charge in [0.25, 0.3) is 0 Å². The fourth-order valence-electron chi connectivity index (χ4n) is 3.03. The Morgan fingerprint density at radius 1 is 1.27 bits per heavy atom. The highest BCUT2D eigenvalue weighted by Crippen LogP contribution is 2.29. The quantitative estimate of drug-likeness (QED) is 0.702. The van der Waals surface area contributed by atoms with Gasteiger partial charge in [-0.25, -0.2) is 4.98 Å². The van der Waals surface area contributed by atoms with Gasteiger partial charge in [-0.05, 0) is 36.4 Å². The highest BCUT2D eigenvalue weighted by atomic mass is 16.5. The molecular formula is C19H20N4O3. The lowest BCUT2D eigenvalue weighted by atomic mass is 10.0. The third kappa shape index (κ3) is 3.43. The standard InChI is InChI=1S/C19H20N4O3/c1-23(18(19(24)25)12-6-8-16(20)22-10-12)11-13-5-7-15(26-2)17-14(13)4-3-9-21-17/h3-10,18H,11H2,1-2H3,(H2,20,22)(H,24,25)/t18-/m1/s1. The average molecular weight is 352 g/mol. The summed E-state index contributed by atoms with van der Waals surface area (Å²) in [6.07, 6.45) is 3.21. The van der Waals surface area contributed by atoms with Crippen LogP contribution in [0.5, 0.6) is 5.75 Å². The Kier molecular flexibility index (Phi) is 4.99. The van der Waals surface area contributed by atoms with Gasteiger partial charge < -0.3 is 15.6 Å². The molecule has 0 saturated carbocycles. The minimum atomic E-state index is -0.949. The topological polar surface area (TPSA) is 102 Å². The molecule has 0 bridgehead atoms. The van der Waals surface area contributed by atoms with E-state index >= 15 is 0 Å². The summed E-state index contributed by atoms with van der Waals surface area (Å²) in [5.41, 5.74) is 7.89. The van der Waals surface area contributed by atoms with E-state index in [2.05, 4.69) is 9.97 Å². The van der Waals surface area contributed by atoms with Crippen molar-refractivity contribution in [2.24, 2.45) is 0 Å². The van der Waals surface area contributed by atoms with E-state index < -0.39 is 12.0 Å². The van der Waals surface area contributed by atoms with E-state index in [1.165, 1.54) is 6.20 Å². The van der Waals surface area contributed by atoms with Crippen LogP contribution in [-0.2, 0) is 11.3 Å². The number of ether oxygens (including phenoxy) is 1. The van der Waals surface area contributed by atoms with E-state index in [4.69, 9.17) is 10.5 Å². The van der Waals surface area contributed by atoms with E-state index in [0.717, 1.165) is 16.5 Å². The molecule has 1 atom stereocenters. The molecule has 0 aliphatic carbocycles. The Labute approximate surface area is 151 Å². The number of aromatic nitrogens is 2. The number of likely N-dealkylation sites (N-methyl/N-ethyl adjacent to an activating group) is 1. The molecule has 134 valence electrons. The molecular weight excluding hydrogens is 332 g/mol. The number of fused-ring (bicyclic) bond motifs is 1. The van der Waals surface area contributed by atoms with Crippen LogP contribution in [-0.4, -0.2) is 40.1 Å². The highest BCUT2D eigenvalue weighted by Gasteiger charge is 2.25. The number of aliphatic carboxylic acids is 1. The minimum Gasteiger partial charge on any atom is -0.494 e. The fraction of sp³-hybridized carbons (Fsp3) is 0.211. The maximum Gasteiger partial charge on any atom is 0.325 e. The highest BCUT2D eigenvalue weighted by molar-refractivity contribution is 5.87.